The van der Waals surface area contributed by atoms with Gasteiger partial charge in [-0.2, -0.15) is 0 Å². The van der Waals surface area contributed by atoms with Crippen LogP contribution in [0.5, 0.6) is 23.0 Å². The molecule has 0 amide bonds. The van der Waals surface area contributed by atoms with Crippen LogP contribution in [-0.2, 0) is 18.5 Å². The van der Waals surface area contributed by atoms with Gasteiger partial charge in [0.05, 0.1) is 34.5 Å². The lowest BCUT2D eigenvalue weighted by atomic mass is 10.1. The number of aliphatic hydroxyl groups is 2. The van der Waals surface area contributed by atoms with Crippen LogP contribution in [0.1, 0.15) is 27.8 Å². The number of aromatic hydroxyl groups is 1. The van der Waals surface area contributed by atoms with Crippen LogP contribution in [0.2, 0.25) is 0 Å². The Bertz CT molecular complexity index is 924. The van der Waals surface area contributed by atoms with Crippen molar-refractivity contribution < 1.29 is 29.5 Å². The summed E-state index contributed by atoms with van der Waals surface area (Å²) in [5, 5.41) is 27.5. The summed E-state index contributed by atoms with van der Waals surface area (Å²) in [4.78, 5) is 0. The molecule has 0 unspecified atom stereocenters. The average Bonchev–Trinajstić information content (AvgIpc) is 2.90. The van der Waals surface area contributed by atoms with E-state index >= 15 is 0 Å². The smallest absolute Gasteiger partial charge is 0.160 e. The third-order valence-corrected chi connectivity index (χ3v) is 5.36. The Morgan fingerprint density at radius 3 is 1.38 bits per heavy atom. The number of phenolic OH excluding ortho intramolecular Hbond substituents is 1. The van der Waals surface area contributed by atoms with Gasteiger partial charge in [-0.1, -0.05) is 46.3 Å². The van der Waals surface area contributed by atoms with Crippen molar-refractivity contribution in [2.75, 3.05) is 21.3 Å². The summed E-state index contributed by atoms with van der Waals surface area (Å²) in [6, 6.07) is 16.6. The zero-order valence-electron chi connectivity index (χ0n) is 21.3. The Morgan fingerprint density at radius 1 is 0.649 bits per heavy atom. The van der Waals surface area contributed by atoms with E-state index in [1.165, 1.54) is 24.3 Å². The average molecular weight is 792 g/mol. The van der Waals surface area contributed by atoms with Crippen LogP contribution in [-0.4, -0.2) is 36.6 Å². The first-order valence-corrected chi connectivity index (χ1v) is 19.3. The molecule has 0 radical (unpaired) electrons. The summed E-state index contributed by atoms with van der Waals surface area (Å²) in [5.41, 5.74) is 5.11. The summed E-state index contributed by atoms with van der Waals surface area (Å²) in [5.74, 6) is 2.26. The van der Waals surface area contributed by atoms with Gasteiger partial charge in [0, 0.05) is 5.33 Å². The molecule has 0 atom stereocenters. The van der Waals surface area contributed by atoms with Crippen molar-refractivity contribution in [2.24, 2.45) is 0 Å². The van der Waals surface area contributed by atoms with Gasteiger partial charge in [0.1, 0.15) is 15.5 Å². The van der Waals surface area contributed by atoms with E-state index in [1.807, 2.05) is 38.1 Å². The van der Waals surface area contributed by atoms with Crippen molar-refractivity contribution in [3.05, 3.63) is 82.4 Å². The zero-order valence-corrected chi connectivity index (χ0v) is 28.6. The molecule has 3 rings (SSSR count). The maximum atomic E-state index is 9.12. The largest absolute Gasteiger partial charge is 0.504 e. The van der Waals surface area contributed by atoms with Gasteiger partial charge in [-0.15, -0.1) is 0 Å². The lowest BCUT2D eigenvalue weighted by molar-refractivity contribution is 0.280. The summed E-state index contributed by atoms with van der Waals surface area (Å²) in [7, 11) is 4.79. The fourth-order valence-corrected chi connectivity index (χ4v) is 3.08. The Kier molecular flexibility index (Phi) is 20.5. The molecule has 0 aliphatic carbocycles. The molecule has 37 heavy (non-hydrogen) atoms. The SMILES string of the molecule is BrP(Br)Br.COc1cc(CBr)ccc1C.COc1cc(CO)ccc1C.COc1cc(CO)ccc1O. The first kappa shape index (κ1) is 36.1. The molecule has 3 N–H and O–H groups in total. The minimum absolute atomic E-state index is 0.0450. The number of aryl methyl sites for hydroxylation is 2. The molecule has 0 aliphatic rings. The predicted octanol–water partition coefficient (Wildman–Crippen LogP) is 8.69. The van der Waals surface area contributed by atoms with E-state index in [2.05, 4.69) is 74.5 Å². The molecule has 0 bridgehead atoms. The zero-order chi connectivity index (χ0) is 28.4. The molecule has 0 spiro atoms. The minimum Gasteiger partial charge on any atom is -0.504 e. The third-order valence-electron chi connectivity index (χ3n) is 4.71. The van der Waals surface area contributed by atoms with Gasteiger partial charge in [0.25, 0.3) is 0 Å². The van der Waals surface area contributed by atoms with E-state index in [0.717, 1.165) is 33.5 Å². The quantitative estimate of drug-likeness (QED) is 0.171. The van der Waals surface area contributed by atoms with Gasteiger partial charge < -0.3 is 29.5 Å². The third kappa shape index (κ3) is 15.3. The van der Waals surface area contributed by atoms with E-state index in [4.69, 9.17) is 29.5 Å². The lowest BCUT2D eigenvalue weighted by Crippen LogP contribution is -1.89. The van der Waals surface area contributed by atoms with Crippen molar-refractivity contribution in [1.82, 2.24) is 0 Å². The number of halogens is 4. The second-order valence-electron chi connectivity index (χ2n) is 7.26. The molecule has 3 aromatic carbocycles. The van der Waals surface area contributed by atoms with Gasteiger partial charge in [0.2, 0.25) is 0 Å². The van der Waals surface area contributed by atoms with Crippen molar-refractivity contribution in [3.8, 4) is 23.0 Å². The summed E-state index contributed by atoms with van der Waals surface area (Å²) in [6.45, 7) is 4.03. The first-order valence-electron chi connectivity index (χ1n) is 10.7. The van der Waals surface area contributed by atoms with Crippen molar-refractivity contribution in [2.45, 2.75) is 32.4 Å². The number of phenols is 1. The van der Waals surface area contributed by atoms with Crippen LogP contribution in [0.25, 0.3) is 0 Å². The summed E-state index contributed by atoms with van der Waals surface area (Å²) >= 11 is 12.9. The monoisotopic (exact) mass is 788 g/mol. The molecule has 0 saturated heterocycles. The van der Waals surface area contributed by atoms with Gasteiger partial charge in [-0.3, -0.25) is 0 Å². The number of rotatable bonds is 6. The second-order valence-corrected chi connectivity index (χ2v) is 23.1. The Morgan fingerprint density at radius 2 is 1.00 bits per heavy atom. The van der Waals surface area contributed by atoms with E-state index in [0.29, 0.717) is 5.75 Å². The van der Waals surface area contributed by atoms with Crippen LogP contribution in [0.4, 0.5) is 0 Å². The number of alkyl halides is 1. The van der Waals surface area contributed by atoms with Crippen LogP contribution < -0.4 is 14.2 Å². The number of methoxy groups -OCH3 is 3. The highest BCUT2D eigenvalue weighted by molar-refractivity contribution is 9.93. The molecule has 0 aliphatic heterocycles. The highest BCUT2D eigenvalue weighted by atomic mass is 80.0. The molecular weight excluding hydrogens is 759 g/mol. The maximum Gasteiger partial charge on any atom is 0.160 e. The molecule has 206 valence electrons. The highest BCUT2D eigenvalue weighted by Crippen LogP contribution is 2.59. The standard InChI is InChI=1S/C9H11BrO.C9H12O2.C8H10O3.Br3P/c2*1-7-3-4-8(6-10)5-9(7)11-2;1-11-8-4-6(5-9)2-3-7(8)10;1-4(2)3/h3-5H,6H2,1-2H3;3-5,10H,6H2,1-2H3;2-4,9-10H,5H2,1H3;. The highest BCUT2D eigenvalue weighted by Gasteiger charge is 2.01. The molecule has 0 heterocycles. The molecule has 0 fully saturated rings. The molecule has 0 saturated carbocycles. The number of hydrogen-bond acceptors (Lipinski definition) is 6. The molecule has 0 aromatic heterocycles. The van der Waals surface area contributed by atoms with Crippen LogP contribution in [0, 0.1) is 13.8 Å². The maximum absolute atomic E-state index is 9.12. The van der Waals surface area contributed by atoms with Crippen LogP contribution in [0.15, 0.2) is 54.6 Å². The Labute approximate surface area is 253 Å². The molecule has 3 aromatic rings. The van der Waals surface area contributed by atoms with Crippen LogP contribution >= 0.6 is 66.4 Å². The van der Waals surface area contributed by atoms with E-state index in [-0.39, 0.29) is 23.0 Å². The summed E-state index contributed by atoms with van der Waals surface area (Å²) in [6.07, 6.45) is 0. The molecule has 6 nitrogen and oxygen atoms in total. The normalized spacial score (nSPS) is 9.62. The first-order chi connectivity index (χ1) is 17.6. The van der Waals surface area contributed by atoms with Crippen LogP contribution in [0.3, 0.4) is 0 Å². The summed E-state index contributed by atoms with van der Waals surface area (Å²) < 4.78 is 14.9. The Balaban J connectivity index is 0.000000490. The van der Waals surface area contributed by atoms with E-state index in [9.17, 15) is 0 Å². The minimum atomic E-state index is -0.183. The van der Waals surface area contributed by atoms with Gasteiger partial charge in [0.15, 0.2) is 11.5 Å². The van der Waals surface area contributed by atoms with Gasteiger partial charge >= 0.3 is 0 Å². The molecule has 11 heteroatoms. The Hall–Kier alpha value is -0.870. The fourth-order valence-electron chi connectivity index (χ4n) is 2.73. The van der Waals surface area contributed by atoms with Gasteiger partial charge in [-0.05, 0) is 112 Å². The number of aliphatic hydroxyl groups excluding tert-OH is 2. The number of ether oxygens (including phenoxy) is 3. The second kappa shape index (κ2) is 21.0. The molecular formula is C26H33Br4O6P. The number of benzene rings is 3. The fraction of sp³-hybridized carbons (Fsp3) is 0.308. The van der Waals surface area contributed by atoms with Crippen molar-refractivity contribution >= 4 is 66.4 Å². The van der Waals surface area contributed by atoms with E-state index in [1.54, 1.807) is 26.4 Å². The van der Waals surface area contributed by atoms with Gasteiger partial charge in [-0.25, -0.2) is 0 Å². The van der Waals surface area contributed by atoms with Crippen molar-refractivity contribution in [3.63, 3.8) is 0 Å². The van der Waals surface area contributed by atoms with Crippen molar-refractivity contribution in [1.29, 1.82) is 0 Å². The topological polar surface area (TPSA) is 88.4 Å². The lowest BCUT2D eigenvalue weighted by Gasteiger charge is -2.05. The van der Waals surface area contributed by atoms with E-state index < -0.39 is 0 Å². The number of hydrogen-bond donors (Lipinski definition) is 3. The predicted molar refractivity (Wildman–Crippen MR) is 168 cm³/mol.